The van der Waals surface area contributed by atoms with Crippen molar-refractivity contribution in [1.82, 2.24) is 10.3 Å². The van der Waals surface area contributed by atoms with Crippen molar-refractivity contribution in [2.24, 2.45) is 0 Å². The minimum atomic E-state index is -0.393. The highest BCUT2D eigenvalue weighted by molar-refractivity contribution is 5.98. The Morgan fingerprint density at radius 1 is 1.20 bits per heavy atom. The van der Waals surface area contributed by atoms with Gasteiger partial charge < -0.3 is 15.4 Å². The van der Waals surface area contributed by atoms with Gasteiger partial charge in [0.2, 0.25) is 0 Å². The van der Waals surface area contributed by atoms with Gasteiger partial charge in [-0.25, -0.2) is 0 Å². The predicted molar refractivity (Wildman–Crippen MR) is 94.3 cm³/mol. The zero-order chi connectivity index (χ0) is 17.5. The van der Waals surface area contributed by atoms with Crippen molar-refractivity contribution in [3.8, 4) is 0 Å². The first-order valence-electron chi connectivity index (χ1n) is 8.43. The van der Waals surface area contributed by atoms with Gasteiger partial charge in [-0.3, -0.25) is 14.6 Å². The number of ether oxygens (including phenoxy) is 1. The highest BCUT2D eigenvalue weighted by Crippen LogP contribution is 2.16. The number of nitrogens with one attached hydrogen (secondary N) is 2. The summed E-state index contributed by atoms with van der Waals surface area (Å²) in [4.78, 5) is 28.6. The zero-order valence-electron chi connectivity index (χ0n) is 13.9. The molecule has 0 radical (unpaired) electrons. The molecule has 2 heterocycles. The number of benzene rings is 1. The lowest BCUT2D eigenvalue weighted by molar-refractivity contribution is -0.124. The number of hydrogen-bond donors (Lipinski definition) is 2. The van der Waals surface area contributed by atoms with Crippen LogP contribution in [0.3, 0.4) is 0 Å². The van der Waals surface area contributed by atoms with Crippen LogP contribution >= 0.6 is 0 Å². The van der Waals surface area contributed by atoms with E-state index in [4.69, 9.17) is 4.74 Å². The lowest BCUT2D eigenvalue weighted by atomic mass is 10.1. The molecule has 1 aromatic heterocycles. The molecule has 1 aliphatic rings. The van der Waals surface area contributed by atoms with Gasteiger partial charge in [-0.15, -0.1) is 0 Å². The second-order valence-corrected chi connectivity index (χ2v) is 5.90. The van der Waals surface area contributed by atoms with Crippen molar-refractivity contribution >= 4 is 17.5 Å². The van der Waals surface area contributed by atoms with E-state index in [1.54, 1.807) is 30.5 Å². The third-order valence-electron chi connectivity index (χ3n) is 4.01. The van der Waals surface area contributed by atoms with Gasteiger partial charge in [-0.2, -0.15) is 0 Å². The van der Waals surface area contributed by atoms with Crippen LogP contribution in [0.2, 0.25) is 0 Å². The minimum Gasteiger partial charge on any atom is -0.368 e. The molecule has 2 N–H and O–H groups in total. The van der Waals surface area contributed by atoms with E-state index < -0.39 is 6.10 Å². The molecule has 130 valence electrons. The lowest BCUT2D eigenvalue weighted by Crippen LogP contribution is -2.28. The fourth-order valence-corrected chi connectivity index (χ4v) is 2.70. The van der Waals surface area contributed by atoms with Crippen molar-refractivity contribution in [2.75, 3.05) is 18.5 Å². The van der Waals surface area contributed by atoms with Crippen LogP contribution in [-0.4, -0.2) is 36.1 Å². The maximum atomic E-state index is 12.3. The number of carbonyl (C=O) groups excluding carboxylic acids is 2. The van der Waals surface area contributed by atoms with E-state index in [0.717, 1.165) is 18.5 Å². The van der Waals surface area contributed by atoms with Gasteiger partial charge in [-0.1, -0.05) is 12.1 Å². The SMILES string of the molecule is O=C(NCCc1ccccn1)c1cccc(NC(=O)C2CCCO2)c1. The van der Waals surface area contributed by atoms with Crippen LogP contribution in [0.15, 0.2) is 48.7 Å². The standard InChI is InChI=1S/C19H21N3O3/c23-18(21-11-9-15-6-1-2-10-20-15)14-5-3-7-16(13-14)22-19(24)17-8-4-12-25-17/h1-3,5-7,10,13,17H,4,8-9,11-12H2,(H,21,23)(H,22,24). The van der Waals surface area contributed by atoms with E-state index in [1.807, 2.05) is 18.2 Å². The predicted octanol–water partition coefficient (Wildman–Crippen LogP) is 2.17. The van der Waals surface area contributed by atoms with Crippen molar-refractivity contribution in [2.45, 2.75) is 25.4 Å². The Morgan fingerprint density at radius 3 is 2.88 bits per heavy atom. The van der Waals surface area contributed by atoms with Crippen LogP contribution in [0.25, 0.3) is 0 Å². The second-order valence-electron chi connectivity index (χ2n) is 5.90. The zero-order valence-corrected chi connectivity index (χ0v) is 13.9. The largest absolute Gasteiger partial charge is 0.368 e. The Kier molecular flexibility index (Phi) is 5.74. The number of amides is 2. The second kappa shape index (κ2) is 8.39. The van der Waals surface area contributed by atoms with Crippen LogP contribution in [0, 0.1) is 0 Å². The van der Waals surface area contributed by atoms with E-state index >= 15 is 0 Å². The van der Waals surface area contributed by atoms with E-state index in [-0.39, 0.29) is 11.8 Å². The maximum Gasteiger partial charge on any atom is 0.253 e. The van der Waals surface area contributed by atoms with Crippen LogP contribution in [0.5, 0.6) is 0 Å². The quantitative estimate of drug-likeness (QED) is 0.845. The molecule has 0 aliphatic carbocycles. The molecule has 0 bridgehead atoms. The molecule has 1 fully saturated rings. The summed E-state index contributed by atoms with van der Waals surface area (Å²) in [6.07, 6.45) is 3.64. The Balaban J connectivity index is 1.53. The summed E-state index contributed by atoms with van der Waals surface area (Å²) >= 11 is 0. The molecular weight excluding hydrogens is 318 g/mol. The van der Waals surface area contributed by atoms with E-state index in [2.05, 4.69) is 15.6 Å². The summed E-state index contributed by atoms with van der Waals surface area (Å²) in [5.74, 6) is -0.339. The van der Waals surface area contributed by atoms with Crippen molar-refractivity contribution in [1.29, 1.82) is 0 Å². The molecule has 0 spiro atoms. The molecule has 2 aromatic rings. The highest BCUT2D eigenvalue weighted by atomic mass is 16.5. The third-order valence-corrected chi connectivity index (χ3v) is 4.01. The summed E-state index contributed by atoms with van der Waals surface area (Å²) in [6.45, 7) is 1.12. The average molecular weight is 339 g/mol. The molecule has 0 saturated carbocycles. The van der Waals surface area contributed by atoms with Crippen LogP contribution in [0.1, 0.15) is 28.9 Å². The number of hydrogen-bond acceptors (Lipinski definition) is 4. The minimum absolute atomic E-state index is 0.162. The van der Waals surface area contributed by atoms with Crippen molar-refractivity contribution < 1.29 is 14.3 Å². The summed E-state index contributed by atoms with van der Waals surface area (Å²) < 4.78 is 5.36. The summed E-state index contributed by atoms with van der Waals surface area (Å²) in [5, 5.41) is 5.67. The van der Waals surface area contributed by atoms with Crippen LogP contribution in [-0.2, 0) is 16.0 Å². The van der Waals surface area contributed by atoms with Gasteiger partial charge in [0.05, 0.1) is 0 Å². The molecule has 2 amide bonds. The molecule has 1 unspecified atom stereocenters. The number of carbonyl (C=O) groups is 2. The first-order chi connectivity index (χ1) is 12.2. The monoisotopic (exact) mass is 339 g/mol. The fourth-order valence-electron chi connectivity index (χ4n) is 2.70. The Labute approximate surface area is 146 Å². The lowest BCUT2D eigenvalue weighted by Gasteiger charge is -2.11. The Morgan fingerprint density at radius 2 is 2.12 bits per heavy atom. The maximum absolute atomic E-state index is 12.3. The van der Waals surface area contributed by atoms with E-state index in [9.17, 15) is 9.59 Å². The number of anilines is 1. The van der Waals surface area contributed by atoms with Gasteiger partial charge in [0.25, 0.3) is 11.8 Å². The Hall–Kier alpha value is -2.73. The Bertz CT molecular complexity index is 728. The first kappa shape index (κ1) is 17.1. The molecule has 1 aliphatic heterocycles. The van der Waals surface area contributed by atoms with E-state index in [1.165, 1.54) is 0 Å². The van der Waals surface area contributed by atoms with Crippen molar-refractivity contribution in [3.63, 3.8) is 0 Å². The number of nitrogens with zero attached hydrogens (tertiary/aromatic N) is 1. The summed E-state index contributed by atoms with van der Waals surface area (Å²) in [5.41, 5.74) is 2.03. The van der Waals surface area contributed by atoms with Gasteiger partial charge >= 0.3 is 0 Å². The van der Waals surface area contributed by atoms with Crippen molar-refractivity contribution in [3.05, 3.63) is 59.9 Å². The summed E-state index contributed by atoms with van der Waals surface area (Å²) in [6, 6.07) is 12.6. The molecular formula is C19H21N3O3. The first-order valence-corrected chi connectivity index (χ1v) is 8.43. The number of pyridine rings is 1. The smallest absolute Gasteiger partial charge is 0.253 e. The molecule has 1 saturated heterocycles. The van der Waals surface area contributed by atoms with Gasteiger partial charge in [0.1, 0.15) is 6.10 Å². The van der Waals surface area contributed by atoms with Gasteiger partial charge in [-0.05, 0) is 43.2 Å². The number of rotatable bonds is 6. The third kappa shape index (κ3) is 4.87. The number of aromatic nitrogens is 1. The van der Waals surface area contributed by atoms with Crippen LogP contribution < -0.4 is 10.6 Å². The molecule has 6 nitrogen and oxygen atoms in total. The molecule has 1 aromatic carbocycles. The van der Waals surface area contributed by atoms with Gasteiger partial charge in [0, 0.05) is 42.7 Å². The molecule has 3 rings (SSSR count). The highest BCUT2D eigenvalue weighted by Gasteiger charge is 2.23. The normalized spacial score (nSPS) is 16.4. The fraction of sp³-hybridized carbons (Fsp3) is 0.316. The molecule has 6 heteroatoms. The van der Waals surface area contributed by atoms with Gasteiger partial charge in [0.15, 0.2) is 0 Å². The van der Waals surface area contributed by atoms with E-state index in [0.29, 0.717) is 30.8 Å². The van der Waals surface area contributed by atoms with Crippen LogP contribution in [0.4, 0.5) is 5.69 Å². The molecule has 1 atom stereocenters. The average Bonchev–Trinajstić information content (AvgIpc) is 3.18. The topological polar surface area (TPSA) is 80.3 Å². The molecule has 25 heavy (non-hydrogen) atoms. The summed E-state index contributed by atoms with van der Waals surface area (Å²) in [7, 11) is 0.